The Hall–Kier alpha value is -3.17. The summed E-state index contributed by atoms with van der Waals surface area (Å²) in [5.41, 5.74) is 0.977. The Morgan fingerprint density at radius 2 is 2.03 bits per heavy atom. The third-order valence-electron chi connectivity index (χ3n) is 4.15. The van der Waals surface area contributed by atoms with Crippen molar-refractivity contribution < 1.29 is 19.0 Å². The molecule has 0 unspecified atom stereocenters. The van der Waals surface area contributed by atoms with Gasteiger partial charge in [0.2, 0.25) is 0 Å². The molecule has 0 aliphatic rings. The first-order valence-electron chi connectivity index (χ1n) is 9.03. The number of anilines is 1. The van der Waals surface area contributed by atoms with Crippen LogP contribution in [0.5, 0.6) is 17.2 Å². The number of hydrogen-bond acceptors (Lipinski definition) is 5. The molecule has 0 aromatic heterocycles. The minimum Gasteiger partial charge on any atom is -0.497 e. The molecule has 0 saturated carbocycles. The number of nitrogens with one attached hydrogen (secondary N) is 1. The van der Waals surface area contributed by atoms with Gasteiger partial charge in [0, 0.05) is 11.8 Å². The molecule has 0 heterocycles. The number of hydrogen-bond donors (Lipinski definition) is 1. The summed E-state index contributed by atoms with van der Waals surface area (Å²) < 4.78 is 16.3. The van der Waals surface area contributed by atoms with E-state index in [2.05, 4.69) is 5.32 Å². The van der Waals surface area contributed by atoms with Gasteiger partial charge in [-0.15, -0.1) is 0 Å². The van der Waals surface area contributed by atoms with Gasteiger partial charge in [0.25, 0.3) is 5.91 Å². The highest BCUT2D eigenvalue weighted by Gasteiger charge is 2.16. The summed E-state index contributed by atoms with van der Waals surface area (Å²) in [5.74, 6) is 0.907. The molecule has 1 amide bonds. The molecule has 152 valence electrons. The first-order chi connectivity index (χ1) is 13.9. The topological polar surface area (TPSA) is 80.6 Å². The lowest BCUT2D eigenvalue weighted by atomic mass is 10.1. The molecule has 0 fully saturated rings. The minimum absolute atomic E-state index is 0.0360. The maximum Gasteiger partial charge on any atom is 0.266 e. The van der Waals surface area contributed by atoms with Crippen LogP contribution >= 0.6 is 11.6 Å². The fourth-order valence-corrected chi connectivity index (χ4v) is 2.70. The number of ether oxygens (including phenoxy) is 3. The van der Waals surface area contributed by atoms with Gasteiger partial charge in [0.05, 0.1) is 25.3 Å². The Morgan fingerprint density at radius 3 is 2.66 bits per heavy atom. The number of carbonyl (C=O) groups is 1. The van der Waals surface area contributed by atoms with Gasteiger partial charge in [0.1, 0.15) is 17.4 Å². The van der Waals surface area contributed by atoms with Gasteiger partial charge in [-0.2, -0.15) is 5.26 Å². The van der Waals surface area contributed by atoms with Gasteiger partial charge in [-0.05, 0) is 49.2 Å². The highest BCUT2D eigenvalue weighted by molar-refractivity contribution is 6.32. The Kier molecular flexibility index (Phi) is 7.93. The van der Waals surface area contributed by atoms with Crippen LogP contribution in [-0.2, 0) is 4.79 Å². The summed E-state index contributed by atoms with van der Waals surface area (Å²) in [4.78, 5) is 12.5. The lowest BCUT2D eigenvalue weighted by molar-refractivity contribution is -0.112. The molecule has 2 aromatic carbocycles. The summed E-state index contributed by atoms with van der Waals surface area (Å²) in [7, 11) is 3.04. The van der Waals surface area contributed by atoms with E-state index in [1.54, 1.807) is 36.4 Å². The average molecular weight is 415 g/mol. The monoisotopic (exact) mass is 414 g/mol. The molecular weight excluding hydrogens is 392 g/mol. The summed E-state index contributed by atoms with van der Waals surface area (Å²) in [6.45, 7) is 3.93. The largest absolute Gasteiger partial charge is 0.497 e. The second-order valence-electron chi connectivity index (χ2n) is 6.23. The smallest absolute Gasteiger partial charge is 0.266 e. The van der Waals surface area contributed by atoms with E-state index in [9.17, 15) is 10.1 Å². The fraction of sp³-hybridized carbons (Fsp3) is 0.273. The van der Waals surface area contributed by atoms with Crippen LogP contribution in [0.2, 0.25) is 5.02 Å². The zero-order chi connectivity index (χ0) is 21.4. The van der Waals surface area contributed by atoms with Crippen molar-refractivity contribution in [3.05, 3.63) is 52.6 Å². The van der Waals surface area contributed by atoms with Gasteiger partial charge in [-0.1, -0.05) is 24.6 Å². The summed E-state index contributed by atoms with van der Waals surface area (Å²) in [6, 6.07) is 12.1. The Balaban J connectivity index is 2.30. The van der Waals surface area contributed by atoms with Crippen LogP contribution in [-0.4, -0.2) is 26.2 Å². The molecule has 6 nitrogen and oxygen atoms in total. The molecule has 2 rings (SSSR count). The highest BCUT2D eigenvalue weighted by Crippen LogP contribution is 2.38. The number of nitriles is 1. The predicted octanol–water partition coefficient (Wildman–Crippen LogP) is 5.08. The maximum atomic E-state index is 12.5. The van der Waals surface area contributed by atoms with Crippen molar-refractivity contribution in [1.29, 1.82) is 5.26 Å². The Labute approximate surface area is 175 Å². The van der Waals surface area contributed by atoms with E-state index in [1.165, 1.54) is 20.3 Å². The van der Waals surface area contributed by atoms with Crippen LogP contribution in [0, 0.1) is 11.3 Å². The second-order valence-corrected chi connectivity index (χ2v) is 6.63. The van der Waals surface area contributed by atoms with Crippen LogP contribution in [0.1, 0.15) is 25.8 Å². The quantitative estimate of drug-likeness (QED) is 0.481. The van der Waals surface area contributed by atoms with Crippen LogP contribution in [0.25, 0.3) is 6.08 Å². The number of halogens is 1. The molecule has 0 radical (unpaired) electrons. The van der Waals surface area contributed by atoms with Gasteiger partial charge in [-0.3, -0.25) is 4.79 Å². The standard InChI is InChI=1S/C22H23ClN2O4/c1-5-14(2)29-21-19(23)10-15(11-20(21)28-4)9-16(13-24)22(26)25-17-7-6-8-18(12-17)27-3/h6-12,14H,5H2,1-4H3,(H,25,26)/b16-9-/t14-/m0/s1. The summed E-state index contributed by atoms with van der Waals surface area (Å²) in [5, 5.41) is 12.5. The van der Waals surface area contributed by atoms with Gasteiger partial charge >= 0.3 is 0 Å². The second kappa shape index (κ2) is 10.4. The van der Waals surface area contributed by atoms with Crippen LogP contribution < -0.4 is 19.5 Å². The summed E-state index contributed by atoms with van der Waals surface area (Å²) >= 11 is 6.35. The molecule has 1 N–H and O–H groups in total. The lowest BCUT2D eigenvalue weighted by Gasteiger charge is -2.17. The molecule has 0 aliphatic carbocycles. The molecule has 7 heteroatoms. The van der Waals surface area contributed by atoms with Crippen LogP contribution in [0.4, 0.5) is 5.69 Å². The van der Waals surface area contributed by atoms with Gasteiger partial charge in [0.15, 0.2) is 11.5 Å². The van der Waals surface area contributed by atoms with Crippen LogP contribution in [0.15, 0.2) is 42.0 Å². The molecular formula is C22H23ClN2O4. The number of methoxy groups -OCH3 is 2. The first kappa shape index (κ1) is 22.1. The van der Waals surface area contributed by atoms with E-state index in [1.807, 2.05) is 19.9 Å². The Bertz CT molecular complexity index is 950. The van der Waals surface area contributed by atoms with E-state index >= 15 is 0 Å². The highest BCUT2D eigenvalue weighted by atomic mass is 35.5. The van der Waals surface area contributed by atoms with Crippen molar-refractivity contribution in [2.75, 3.05) is 19.5 Å². The number of carbonyl (C=O) groups excluding carboxylic acids is 1. The van der Waals surface area contributed by atoms with E-state index in [0.29, 0.717) is 33.5 Å². The maximum absolute atomic E-state index is 12.5. The third kappa shape index (κ3) is 5.90. The zero-order valence-corrected chi connectivity index (χ0v) is 17.5. The van der Waals surface area contributed by atoms with Crippen molar-refractivity contribution in [3.63, 3.8) is 0 Å². The molecule has 0 saturated heterocycles. The van der Waals surface area contributed by atoms with Gasteiger partial charge in [-0.25, -0.2) is 0 Å². The molecule has 1 atom stereocenters. The van der Waals surface area contributed by atoms with Gasteiger partial charge < -0.3 is 19.5 Å². The molecule has 29 heavy (non-hydrogen) atoms. The average Bonchev–Trinajstić information content (AvgIpc) is 2.73. The van der Waals surface area contributed by atoms with Crippen molar-refractivity contribution >= 4 is 29.3 Å². The number of nitrogens with zero attached hydrogens (tertiary/aromatic N) is 1. The summed E-state index contributed by atoms with van der Waals surface area (Å²) in [6.07, 6.45) is 2.22. The predicted molar refractivity (Wildman–Crippen MR) is 114 cm³/mol. The van der Waals surface area contributed by atoms with Crippen molar-refractivity contribution in [2.24, 2.45) is 0 Å². The number of rotatable bonds is 8. The normalized spacial score (nSPS) is 11.9. The minimum atomic E-state index is -0.546. The van der Waals surface area contributed by atoms with Crippen molar-refractivity contribution in [1.82, 2.24) is 0 Å². The van der Waals surface area contributed by atoms with E-state index in [0.717, 1.165) is 6.42 Å². The fourth-order valence-electron chi connectivity index (χ4n) is 2.44. The molecule has 0 aliphatic heterocycles. The Morgan fingerprint density at radius 1 is 1.28 bits per heavy atom. The molecule has 0 spiro atoms. The first-order valence-corrected chi connectivity index (χ1v) is 9.41. The number of amides is 1. The SMILES string of the molecule is CC[C@H](C)Oc1c(Cl)cc(/C=C(/C#N)C(=O)Nc2cccc(OC)c2)cc1OC. The lowest BCUT2D eigenvalue weighted by Crippen LogP contribution is -2.13. The van der Waals surface area contributed by atoms with E-state index < -0.39 is 5.91 Å². The third-order valence-corrected chi connectivity index (χ3v) is 4.43. The van der Waals surface area contributed by atoms with Crippen LogP contribution in [0.3, 0.4) is 0 Å². The molecule has 2 aromatic rings. The number of benzene rings is 2. The van der Waals surface area contributed by atoms with Crippen molar-refractivity contribution in [2.45, 2.75) is 26.4 Å². The van der Waals surface area contributed by atoms with Crippen molar-refractivity contribution in [3.8, 4) is 23.3 Å². The van der Waals surface area contributed by atoms with E-state index in [-0.39, 0.29) is 11.7 Å². The van der Waals surface area contributed by atoms with E-state index in [4.69, 9.17) is 25.8 Å². The zero-order valence-electron chi connectivity index (χ0n) is 16.8. The molecule has 0 bridgehead atoms.